The van der Waals surface area contributed by atoms with Crippen LogP contribution in [0.25, 0.3) is 11.3 Å². The van der Waals surface area contributed by atoms with Crippen molar-refractivity contribution in [3.63, 3.8) is 0 Å². The van der Waals surface area contributed by atoms with E-state index in [9.17, 15) is 4.79 Å². The fourth-order valence-electron chi connectivity index (χ4n) is 2.45. The number of furan rings is 1. The van der Waals surface area contributed by atoms with Crippen LogP contribution in [0.1, 0.15) is 11.3 Å². The number of methoxy groups -OCH3 is 1. The number of hydrazone groups is 1. The fraction of sp³-hybridized carbons (Fsp3) is 0.143. The van der Waals surface area contributed by atoms with E-state index in [-0.39, 0.29) is 12.5 Å². The topological polar surface area (TPSA) is 73.1 Å². The predicted molar refractivity (Wildman–Crippen MR) is 108 cm³/mol. The van der Waals surface area contributed by atoms with E-state index in [4.69, 9.17) is 25.5 Å². The number of hydrogen-bond acceptors (Lipinski definition) is 5. The summed E-state index contributed by atoms with van der Waals surface area (Å²) in [6.07, 6.45) is 1.42. The molecule has 1 aromatic heterocycles. The van der Waals surface area contributed by atoms with Crippen LogP contribution < -0.4 is 14.9 Å². The average molecular weight is 399 g/mol. The molecule has 0 aliphatic rings. The minimum atomic E-state index is -0.369. The molecule has 0 atom stereocenters. The Balaban J connectivity index is 1.53. The molecule has 7 heteroatoms. The number of ether oxygens (including phenoxy) is 2. The van der Waals surface area contributed by atoms with Crippen molar-refractivity contribution in [3.8, 4) is 22.8 Å². The van der Waals surface area contributed by atoms with Gasteiger partial charge in [0.25, 0.3) is 5.91 Å². The highest BCUT2D eigenvalue weighted by Gasteiger charge is 2.08. The molecular formula is C21H19ClN2O4. The zero-order chi connectivity index (χ0) is 19.9. The molecule has 3 aromatic rings. The standard InChI is InChI=1S/C21H19ClN2O4/c1-14-4-3-5-16(10-14)27-13-21(25)24-23-12-17-7-9-19(28-17)15-6-8-20(26-2)18(22)11-15/h3-12H,13H2,1-2H3,(H,24,25)/b23-12-. The van der Waals surface area contributed by atoms with E-state index in [1.54, 1.807) is 37.4 Å². The molecule has 6 nitrogen and oxygen atoms in total. The van der Waals surface area contributed by atoms with Gasteiger partial charge in [0.15, 0.2) is 6.61 Å². The first kappa shape index (κ1) is 19.5. The van der Waals surface area contributed by atoms with Gasteiger partial charge in [-0.1, -0.05) is 23.7 Å². The van der Waals surface area contributed by atoms with Gasteiger partial charge >= 0.3 is 0 Å². The predicted octanol–water partition coefficient (Wildman–Crippen LogP) is 4.45. The summed E-state index contributed by atoms with van der Waals surface area (Å²) in [7, 11) is 1.56. The SMILES string of the molecule is COc1ccc(-c2ccc(/C=N\NC(=O)COc3cccc(C)c3)o2)cc1Cl. The van der Waals surface area contributed by atoms with Crippen LogP contribution in [-0.2, 0) is 4.79 Å². The Morgan fingerprint density at radius 2 is 2.07 bits per heavy atom. The third kappa shape index (κ3) is 5.14. The molecule has 0 saturated heterocycles. The molecule has 0 aliphatic carbocycles. The highest BCUT2D eigenvalue weighted by atomic mass is 35.5. The second-order valence-electron chi connectivity index (χ2n) is 5.95. The molecule has 0 radical (unpaired) electrons. The lowest BCUT2D eigenvalue weighted by molar-refractivity contribution is -0.123. The summed E-state index contributed by atoms with van der Waals surface area (Å²) in [6.45, 7) is 1.82. The van der Waals surface area contributed by atoms with Gasteiger partial charge in [0.2, 0.25) is 0 Å². The molecule has 0 spiro atoms. The molecule has 1 heterocycles. The highest BCUT2D eigenvalue weighted by molar-refractivity contribution is 6.32. The van der Waals surface area contributed by atoms with Crippen molar-refractivity contribution in [1.29, 1.82) is 0 Å². The minimum absolute atomic E-state index is 0.130. The Morgan fingerprint density at radius 3 is 2.82 bits per heavy atom. The number of halogens is 1. The smallest absolute Gasteiger partial charge is 0.277 e. The second-order valence-corrected chi connectivity index (χ2v) is 6.36. The highest BCUT2D eigenvalue weighted by Crippen LogP contribution is 2.30. The number of carbonyl (C=O) groups is 1. The molecule has 0 saturated carbocycles. The number of rotatable bonds is 7. The number of nitrogens with zero attached hydrogens (tertiary/aromatic N) is 1. The molecular weight excluding hydrogens is 380 g/mol. The number of amides is 1. The van der Waals surface area contributed by atoms with Crippen molar-refractivity contribution < 1.29 is 18.7 Å². The number of hydrogen-bond donors (Lipinski definition) is 1. The third-order valence-electron chi connectivity index (χ3n) is 3.80. The molecule has 3 rings (SSSR count). The van der Waals surface area contributed by atoms with Crippen molar-refractivity contribution in [3.05, 3.63) is 70.9 Å². The lowest BCUT2D eigenvalue weighted by Gasteiger charge is -2.05. The first-order valence-corrected chi connectivity index (χ1v) is 8.88. The van der Waals surface area contributed by atoms with Gasteiger partial charge in [0.1, 0.15) is 23.0 Å². The van der Waals surface area contributed by atoms with Crippen molar-refractivity contribution >= 4 is 23.7 Å². The van der Waals surface area contributed by atoms with Crippen LogP contribution in [0, 0.1) is 6.92 Å². The fourth-order valence-corrected chi connectivity index (χ4v) is 2.71. The third-order valence-corrected chi connectivity index (χ3v) is 4.10. The molecule has 0 unspecified atom stereocenters. The Hall–Kier alpha value is -3.25. The van der Waals surface area contributed by atoms with Crippen LogP contribution in [0.2, 0.25) is 5.02 Å². The van der Waals surface area contributed by atoms with Crippen molar-refractivity contribution in [2.24, 2.45) is 5.10 Å². The van der Waals surface area contributed by atoms with E-state index in [1.807, 2.05) is 31.2 Å². The number of carbonyl (C=O) groups excluding carboxylic acids is 1. The van der Waals surface area contributed by atoms with Crippen molar-refractivity contribution in [1.82, 2.24) is 5.43 Å². The van der Waals surface area contributed by atoms with Gasteiger partial charge in [-0.2, -0.15) is 5.10 Å². The van der Waals surface area contributed by atoms with Gasteiger partial charge in [-0.3, -0.25) is 4.79 Å². The molecule has 2 aromatic carbocycles. The minimum Gasteiger partial charge on any atom is -0.495 e. The maximum atomic E-state index is 11.8. The summed E-state index contributed by atoms with van der Waals surface area (Å²) in [5.41, 5.74) is 4.26. The molecule has 1 amide bonds. The lowest BCUT2D eigenvalue weighted by atomic mass is 10.2. The average Bonchev–Trinajstić information content (AvgIpc) is 3.15. The van der Waals surface area contributed by atoms with Crippen molar-refractivity contribution in [2.45, 2.75) is 6.92 Å². The van der Waals surface area contributed by atoms with E-state index >= 15 is 0 Å². The lowest BCUT2D eigenvalue weighted by Crippen LogP contribution is -2.24. The van der Waals surface area contributed by atoms with Gasteiger partial charge in [-0.25, -0.2) is 5.43 Å². The van der Waals surface area contributed by atoms with E-state index in [1.165, 1.54) is 6.21 Å². The van der Waals surface area contributed by atoms with Gasteiger partial charge < -0.3 is 13.9 Å². The molecule has 0 fully saturated rings. The first-order chi connectivity index (χ1) is 13.5. The van der Waals surface area contributed by atoms with Gasteiger partial charge in [-0.15, -0.1) is 0 Å². The van der Waals surface area contributed by atoms with Crippen LogP contribution >= 0.6 is 11.6 Å². The van der Waals surface area contributed by atoms with Gasteiger partial charge in [0.05, 0.1) is 18.3 Å². The number of nitrogens with one attached hydrogen (secondary N) is 1. The van der Waals surface area contributed by atoms with E-state index in [0.29, 0.717) is 28.0 Å². The van der Waals surface area contributed by atoms with E-state index < -0.39 is 0 Å². The summed E-state index contributed by atoms with van der Waals surface area (Å²) in [5, 5.41) is 4.37. The van der Waals surface area contributed by atoms with E-state index in [0.717, 1.165) is 11.1 Å². The summed E-state index contributed by atoms with van der Waals surface area (Å²) in [4.78, 5) is 11.8. The molecule has 1 N–H and O–H groups in total. The van der Waals surface area contributed by atoms with Crippen LogP contribution in [0.15, 0.2) is 64.1 Å². The molecule has 144 valence electrons. The Bertz CT molecular complexity index is 998. The van der Waals surface area contributed by atoms with Gasteiger partial charge in [-0.05, 0) is 55.0 Å². The summed E-state index contributed by atoms with van der Waals surface area (Å²) in [5.74, 6) is 1.97. The summed E-state index contributed by atoms with van der Waals surface area (Å²) >= 11 is 6.13. The Kier molecular flexibility index (Phi) is 6.34. The molecule has 28 heavy (non-hydrogen) atoms. The van der Waals surface area contributed by atoms with Crippen LogP contribution in [-0.4, -0.2) is 25.8 Å². The monoisotopic (exact) mass is 398 g/mol. The summed E-state index contributed by atoms with van der Waals surface area (Å²) in [6, 6.07) is 16.4. The maximum absolute atomic E-state index is 11.8. The molecule has 0 bridgehead atoms. The van der Waals surface area contributed by atoms with Crippen LogP contribution in [0.5, 0.6) is 11.5 Å². The normalized spacial score (nSPS) is 10.8. The van der Waals surface area contributed by atoms with Crippen LogP contribution in [0.3, 0.4) is 0 Å². The number of benzene rings is 2. The Morgan fingerprint density at radius 1 is 1.21 bits per heavy atom. The zero-order valence-electron chi connectivity index (χ0n) is 15.4. The quantitative estimate of drug-likeness (QED) is 0.471. The second kappa shape index (κ2) is 9.10. The Labute approximate surface area is 167 Å². The van der Waals surface area contributed by atoms with Crippen molar-refractivity contribution in [2.75, 3.05) is 13.7 Å². The maximum Gasteiger partial charge on any atom is 0.277 e. The largest absolute Gasteiger partial charge is 0.495 e. The number of aryl methyl sites for hydroxylation is 1. The zero-order valence-corrected chi connectivity index (χ0v) is 16.2. The van der Waals surface area contributed by atoms with Gasteiger partial charge in [0, 0.05) is 5.56 Å². The molecule has 0 aliphatic heterocycles. The first-order valence-electron chi connectivity index (χ1n) is 8.50. The summed E-state index contributed by atoms with van der Waals surface area (Å²) < 4.78 is 16.2. The van der Waals surface area contributed by atoms with E-state index in [2.05, 4.69) is 10.5 Å². The van der Waals surface area contributed by atoms with Crippen LogP contribution in [0.4, 0.5) is 0 Å².